The summed E-state index contributed by atoms with van der Waals surface area (Å²) in [5, 5.41) is 6.17. The summed E-state index contributed by atoms with van der Waals surface area (Å²) in [6.45, 7) is 5.57. The van der Waals surface area contributed by atoms with Crippen molar-refractivity contribution in [3.63, 3.8) is 0 Å². The molecule has 1 amide bonds. The van der Waals surface area contributed by atoms with Crippen LogP contribution in [0.4, 0.5) is 0 Å². The molecule has 3 atom stereocenters. The van der Waals surface area contributed by atoms with Crippen LogP contribution < -0.4 is 5.32 Å². The Labute approximate surface area is 144 Å². The Kier molecular flexibility index (Phi) is 4.39. The smallest absolute Gasteiger partial charge is 0.226 e. The molecule has 2 aromatic rings. The van der Waals surface area contributed by atoms with Gasteiger partial charge in [-0.15, -0.1) is 11.3 Å². The first-order valence-electron chi connectivity index (χ1n) is 8.24. The van der Waals surface area contributed by atoms with Crippen LogP contribution in [0, 0.1) is 18.8 Å². The van der Waals surface area contributed by atoms with E-state index in [0.717, 1.165) is 36.1 Å². The molecule has 0 aliphatic carbocycles. The predicted octanol–water partition coefficient (Wildman–Crippen LogP) is 1.81. The highest BCUT2D eigenvalue weighted by atomic mass is 32.1. The van der Waals surface area contributed by atoms with Crippen LogP contribution in [0.1, 0.15) is 16.5 Å². The summed E-state index contributed by atoms with van der Waals surface area (Å²) in [4.78, 5) is 19.4. The largest absolute Gasteiger partial charge is 0.467 e. The van der Waals surface area contributed by atoms with Gasteiger partial charge in [-0.25, -0.2) is 4.98 Å². The van der Waals surface area contributed by atoms with Gasteiger partial charge in [-0.3, -0.25) is 9.69 Å². The Balaban J connectivity index is 1.33. The number of ether oxygens (including phenoxy) is 1. The lowest BCUT2D eigenvalue weighted by Crippen LogP contribution is -2.36. The van der Waals surface area contributed by atoms with Crippen LogP contribution in [0.5, 0.6) is 0 Å². The predicted molar refractivity (Wildman–Crippen MR) is 89.4 cm³/mol. The maximum atomic E-state index is 12.5. The van der Waals surface area contributed by atoms with Crippen molar-refractivity contribution in [2.24, 2.45) is 11.8 Å². The fourth-order valence-electron chi connectivity index (χ4n) is 3.62. The van der Waals surface area contributed by atoms with Gasteiger partial charge in [0.25, 0.3) is 0 Å². The van der Waals surface area contributed by atoms with E-state index in [9.17, 15) is 4.79 Å². The van der Waals surface area contributed by atoms with Gasteiger partial charge < -0.3 is 14.5 Å². The fourth-order valence-corrected chi connectivity index (χ4v) is 4.23. The highest BCUT2D eigenvalue weighted by molar-refractivity contribution is 7.09. The maximum absolute atomic E-state index is 12.5. The Morgan fingerprint density at radius 2 is 2.42 bits per heavy atom. The summed E-state index contributed by atoms with van der Waals surface area (Å²) in [6, 6.07) is 3.69. The highest BCUT2D eigenvalue weighted by Gasteiger charge is 2.46. The number of aromatic nitrogens is 1. The van der Waals surface area contributed by atoms with Gasteiger partial charge in [0.2, 0.25) is 5.91 Å². The lowest BCUT2D eigenvalue weighted by atomic mass is 9.92. The molecule has 0 saturated carbocycles. The molecule has 24 heavy (non-hydrogen) atoms. The van der Waals surface area contributed by atoms with E-state index >= 15 is 0 Å². The van der Waals surface area contributed by atoms with Crippen LogP contribution >= 0.6 is 11.3 Å². The molecular formula is C17H21N3O3S. The van der Waals surface area contributed by atoms with Gasteiger partial charge in [-0.05, 0) is 19.1 Å². The average molecular weight is 347 g/mol. The summed E-state index contributed by atoms with van der Waals surface area (Å²) in [6.07, 6.45) is 1.77. The molecular weight excluding hydrogens is 326 g/mol. The minimum atomic E-state index is -0.0767. The topological polar surface area (TPSA) is 67.6 Å². The third-order valence-corrected chi connectivity index (χ3v) is 5.62. The Morgan fingerprint density at radius 3 is 3.17 bits per heavy atom. The number of likely N-dealkylation sites (tertiary alicyclic amines) is 1. The zero-order chi connectivity index (χ0) is 16.5. The van der Waals surface area contributed by atoms with Crippen LogP contribution in [0.25, 0.3) is 0 Å². The molecule has 128 valence electrons. The number of aryl methyl sites for hydroxylation is 1. The standard InChI is InChI=1S/C17H21N3O3S/c1-11-19-12(10-24-11)6-20-7-14-15(9-23-16(14)8-20)17(21)18-5-13-3-2-4-22-13/h2-4,10,14-16H,5-9H2,1H3,(H,18,21)/t14-,15+,16-/m1/s1. The lowest BCUT2D eigenvalue weighted by Gasteiger charge is -2.18. The number of thiazole rings is 1. The zero-order valence-corrected chi connectivity index (χ0v) is 14.4. The number of furan rings is 1. The van der Waals surface area contributed by atoms with Gasteiger partial charge in [-0.2, -0.15) is 0 Å². The average Bonchev–Trinajstić information content (AvgIpc) is 3.30. The van der Waals surface area contributed by atoms with E-state index in [0.29, 0.717) is 13.2 Å². The number of rotatable bonds is 5. The molecule has 0 bridgehead atoms. The number of nitrogens with zero attached hydrogens (tertiary/aromatic N) is 2. The molecule has 0 aromatic carbocycles. The highest BCUT2D eigenvalue weighted by Crippen LogP contribution is 2.34. The molecule has 1 N–H and O–H groups in total. The van der Waals surface area contributed by atoms with Gasteiger partial charge in [0.15, 0.2) is 0 Å². The number of fused-ring (bicyclic) bond motifs is 1. The quantitative estimate of drug-likeness (QED) is 0.893. The monoisotopic (exact) mass is 347 g/mol. The molecule has 2 fully saturated rings. The second kappa shape index (κ2) is 6.66. The molecule has 2 saturated heterocycles. The summed E-state index contributed by atoms with van der Waals surface area (Å²) >= 11 is 1.68. The molecule has 4 heterocycles. The minimum absolute atomic E-state index is 0.0604. The molecule has 0 unspecified atom stereocenters. The van der Waals surface area contributed by atoms with E-state index < -0.39 is 0 Å². The third kappa shape index (κ3) is 3.24. The molecule has 2 aliphatic heterocycles. The number of nitrogens with one attached hydrogen (secondary N) is 1. The first-order chi connectivity index (χ1) is 11.7. The van der Waals surface area contributed by atoms with E-state index in [2.05, 4.69) is 20.6 Å². The summed E-state index contributed by atoms with van der Waals surface area (Å²) in [7, 11) is 0. The summed E-state index contributed by atoms with van der Waals surface area (Å²) in [5.74, 6) is 1.02. The van der Waals surface area contributed by atoms with E-state index in [1.807, 2.05) is 19.1 Å². The van der Waals surface area contributed by atoms with Crippen LogP contribution in [0.2, 0.25) is 0 Å². The van der Waals surface area contributed by atoms with E-state index in [4.69, 9.17) is 9.15 Å². The number of hydrogen-bond acceptors (Lipinski definition) is 6. The van der Waals surface area contributed by atoms with Gasteiger partial charge in [0.05, 0.1) is 42.1 Å². The van der Waals surface area contributed by atoms with Crippen molar-refractivity contribution in [3.8, 4) is 0 Å². The van der Waals surface area contributed by atoms with Crippen molar-refractivity contribution in [3.05, 3.63) is 40.2 Å². The van der Waals surface area contributed by atoms with Crippen molar-refractivity contribution in [1.29, 1.82) is 0 Å². The fraction of sp³-hybridized carbons (Fsp3) is 0.529. The van der Waals surface area contributed by atoms with E-state index in [1.165, 1.54) is 0 Å². The first-order valence-corrected chi connectivity index (χ1v) is 9.12. The molecule has 2 aliphatic rings. The van der Waals surface area contributed by atoms with Crippen LogP contribution in [0.3, 0.4) is 0 Å². The summed E-state index contributed by atoms with van der Waals surface area (Å²) in [5.41, 5.74) is 1.11. The van der Waals surface area contributed by atoms with Crippen molar-refractivity contribution < 1.29 is 13.9 Å². The van der Waals surface area contributed by atoms with Crippen LogP contribution in [0.15, 0.2) is 28.2 Å². The zero-order valence-electron chi connectivity index (χ0n) is 13.6. The number of amides is 1. The van der Waals surface area contributed by atoms with Gasteiger partial charge in [-0.1, -0.05) is 0 Å². The number of carbonyl (C=O) groups excluding carboxylic acids is 1. The van der Waals surface area contributed by atoms with Crippen molar-refractivity contribution in [2.45, 2.75) is 26.1 Å². The molecule has 6 nitrogen and oxygen atoms in total. The van der Waals surface area contributed by atoms with Gasteiger partial charge >= 0.3 is 0 Å². The SMILES string of the molecule is Cc1nc(CN2C[C@@H]3[C@@H](C(=O)NCc4ccco4)CO[C@@H]3C2)cs1. The number of carbonyl (C=O) groups is 1. The second-order valence-electron chi connectivity index (χ2n) is 6.49. The molecule has 7 heteroatoms. The van der Waals surface area contributed by atoms with Crippen molar-refractivity contribution >= 4 is 17.2 Å². The molecule has 2 aromatic heterocycles. The molecule has 0 radical (unpaired) electrons. The Morgan fingerprint density at radius 1 is 1.50 bits per heavy atom. The molecule has 0 spiro atoms. The Hall–Kier alpha value is -1.70. The van der Waals surface area contributed by atoms with E-state index in [-0.39, 0.29) is 23.8 Å². The van der Waals surface area contributed by atoms with Crippen LogP contribution in [-0.2, 0) is 22.6 Å². The van der Waals surface area contributed by atoms with Crippen LogP contribution in [-0.4, -0.2) is 41.6 Å². The van der Waals surface area contributed by atoms with Gasteiger partial charge in [0, 0.05) is 30.9 Å². The van der Waals surface area contributed by atoms with Crippen molar-refractivity contribution in [2.75, 3.05) is 19.7 Å². The Bertz CT molecular complexity index is 700. The third-order valence-electron chi connectivity index (χ3n) is 4.80. The normalized spacial score (nSPS) is 26.6. The number of hydrogen-bond donors (Lipinski definition) is 1. The first kappa shape index (κ1) is 15.8. The molecule has 4 rings (SSSR count). The summed E-state index contributed by atoms with van der Waals surface area (Å²) < 4.78 is 11.1. The maximum Gasteiger partial charge on any atom is 0.226 e. The van der Waals surface area contributed by atoms with Gasteiger partial charge in [0.1, 0.15) is 5.76 Å². The van der Waals surface area contributed by atoms with E-state index in [1.54, 1.807) is 17.6 Å². The van der Waals surface area contributed by atoms with Crippen molar-refractivity contribution in [1.82, 2.24) is 15.2 Å². The minimum Gasteiger partial charge on any atom is -0.467 e. The lowest BCUT2D eigenvalue weighted by molar-refractivity contribution is -0.126. The second-order valence-corrected chi connectivity index (χ2v) is 7.55.